The number of rotatable bonds is 4. The first-order chi connectivity index (χ1) is 9.72. The van der Waals surface area contributed by atoms with Gasteiger partial charge in [0, 0.05) is 10.6 Å². The van der Waals surface area contributed by atoms with Crippen LogP contribution in [-0.2, 0) is 6.54 Å². The van der Waals surface area contributed by atoms with E-state index in [1.165, 1.54) is 4.79 Å². The van der Waals surface area contributed by atoms with Crippen molar-refractivity contribution in [3.63, 3.8) is 0 Å². The number of nitrogens with one attached hydrogen (secondary N) is 1. The maximum absolute atomic E-state index is 5.95. The van der Waals surface area contributed by atoms with Crippen LogP contribution in [0.2, 0.25) is 5.02 Å². The number of furan rings is 1. The van der Waals surface area contributed by atoms with Crippen LogP contribution in [0.4, 0.5) is 5.95 Å². The highest BCUT2D eigenvalue weighted by molar-refractivity contribution is 6.30. The predicted molar refractivity (Wildman–Crippen MR) is 74.4 cm³/mol. The van der Waals surface area contributed by atoms with E-state index < -0.39 is 0 Å². The largest absolute Gasteiger partial charge is 0.459 e. The van der Waals surface area contributed by atoms with E-state index in [0.29, 0.717) is 11.6 Å². The van der Waals surface area contributed by atoms with Gasteiger partial charge in [0.2, 0.25) is 0 Å². The average molecular weight is 291 g/mol. The first-order valence-corrected chi connectivity index (χ1v) is 6.22. The van der Waals surface area contributed by atoms with Gasteiger partial charge in [0.25, 0.3) is 5.95 Å². The molecule has 7 nitrogen and oxygen atoms in total. The number of nitrogen functional groups attached to an aromatic ring is 1. The van der Waals surface area contributed by atoms with E-state index in [0.717, 1.165) is 17.1 Å². The topological polar surface area (TPSA) is 94.8 Å². The summed E-state index contributed by atoms with van der Waals surface area (Å²) in [5.41, 5.74) is 9.38. The second-order valence-electron chi connectivity index (χ2n) is 4.06. The lowest BCUT2D eigenvalue weighted by Crippen LogP contribution is -2.18. The maximum Gasteiger partial charge on any atom is 0.260 e. The van der Waals surface area contributed by atoms with Crippen molar-refractivity contribution < 1.29 is 4.42 Å². The maximum atomic E-state index is 5.95. The van der Waals surface area contributed by atoms with Crippen LogP contribution in [0.3, 0.4) is 0 Å². The van der Waals surface area contributed by atoms with Crippen molar-refractivity contribution in [3.05, 3.63) is 47.2 Å². The molecule has 2 aromatic heterocycles. The lowest BCUT2D eigenvalue weighted by molar-refractivity contribution is 0.517. The zero-order valence-corrected chi connectivity index (χ0v) is 11.1. The number of hydrogen-bond acceptors (Lipinski definition) is 6. The Bertz CT molecular complexity index is 722. The molecule has 8 heteroatoms. The molecule has 0 unspecified atom stereocenters. The van der Waals surface area contributed by atoms with E-state index in [2.05, 4.69) is 21.0 Å². The van der Waals surface area contributed by atoms with Crippen molar-refractivity contribution in [1.29, 1.82) is 0 Å². The summed E-state index contributed by atoms with van der Waals surface area (Å²) in [6.07, 6.45) is 0. The minimum absolute atomic E-state index is 0.187. The molecule has 0 aliphatic rings. The fourth-order valence-electron chi connectivity index (χ4n) is 1.73. The van der Waals surface area contributed by atoms with Gasteiger partial charge < -0.3 is 10.2 Å². The van der Waals surface area contributed by atoms with E-state index in [1.54, 1.807) is 0 Å². The molecule has 0 aliphatic carbocycles. The van der Waals surface area contributed by atoms with Gasteiger partial charge in [0.1, 0.15) is 11.5 Å². The SMILES string of the molecule is Nc1nnnn1NCc1ccc(-c2cccc(Cl)c2)o1. The summed E-state index contributed by atoms with van der Waals surface area (Å²) < 4.78 is 5.72. The van der Waals surface area contributed by atoms with Crippen LogP contribution in [0.5, 0.6) is 0 Å². The number of nitrogens with zero attached hydrogens (tertiary/aromatic N) is 4. The molecule has 0 radical (unpaired) electrons. The number of halogens is 1. The third-order valence-electron chi connectivity index (χ3n) is 2.67. The summed E-state index contributed by atoms with van der Waals surface area (Å²) in [4.78, 5) is 1.28. The number of aromatic nitrogens is 4. The normalized spacial score (nSPS) is 10.7. The van der Waals surface area contributed by atoms with Gasteiger partial charge >= 0.3 is 0 Å². The second kappa shape index (κ2) is 5.22. The summed E-state index contributed by atoms with van der Waals surface area (Å²) in [7, 11) is 0. The van der Waals surface area contributed by atoms with E-state index in [1.807, 2.05) is 36.4 Å². The monoisotopic (exact) mass is 290 g/mol. The first-order valence-electron chi connectivity index (χ1n) is 5.85. The Morgan fingerprint density at radius 1 is 1.30 bits per heavy atom. The Balaban J connectivity index is 1.72. The molecule has 3 aromatic rings. The van der Waals surface area contributed by atoms with Crippen LogP contribution in [0.15, 0.2) is 40.8 Å². The molecule has 0 amide bonds. The zero-order valence-electron chi connectivity index (χ0n) is 10.3. The zero-order chi connectivity index (χ0) is 13.9. The highest BCUT2D eigenvalue weighted by Crippen LogP contribution is 2.24. The van der Waals surface area contributed by atoms with Gasteiger partial charge in [-0.3, -0.25) is 5.43 Å². The molecular formula is C12H11ClN6O. The van der Waals surface area contributed by atoms with Gasteiger partial charge in [-0.1, -0.05) is 28.8 Å². The van der Waals surface area contributed by atoms with Gasteiger partial charge in [-0.15, -0.1) is 4.79 Å². The fraction of sp³-hybridized carbons (Fsp3) is 0.0833. The Morgan fingerprint density at radius 2 is 2.20 bits per heavy atom. The molecule has 1 aromatic carbocycles. The molecule has 3 N–H and O–H groups in total. The highest BCUT2D eigenvalue weighted by atomic mass is 35.5. The molecule has 0 atom stereocenters. The quantitative estimate of drug-likeness (QED) is 0.762. The van der Waals surface area contributed by atoms with Crippen LogP contribution in [-0.4, -0.2) is 20.3 Å². The number of tetrazole rings is 1. The van der Waals surface area contributed by atoms with Crippen molar-refractivity contribution in [2.24, 2.45) is 0 Å². The molecule has 102 valence electrons. The van der Waals surface area contributed by atoms with Crippen LogP contribution in [0, 0.1) is 0 Å². The molecule has 0 bridgehead atoms. The van der Waals surface area contributed by atoms with Crippen LogP contribution >= 0.6 is 11.6 Å². The fourth-order valence-corrected chi connectivity index (χ4v) is 1.92. The Morgan fingerprint density at radius 3 is 2.95 bits per heavy atom. The summed E-state index contributed by atoms with van der Waals surface area (Å²) in [5, 5.41) is 11.3. The summed E-state index contributed by atoms with van der Waals surface area (Å²) in [6.45, 7) is 0.413. The van der Waals surface area contributed by atoms with Crippen LogP contribution in [0.25, 0.3) is 11.3 Å². The molecule has 0 fully saturated rings. The van der Waals surface area contributed by atoms with E-state index >= 15 is 0 Å². The number of anilines is 1. The molecule has 20 heavy (non-hydrogen) atoms. The number of benzene rings is 1. The van der Waals surface area contributed by atoms with Crippen LogP contribution < -0.4 is 11.2 Å². The number of hydrogen-bond donors (Lipinski definition) is 2. The van der Waals surface area contributed by atoms with Gasteiger partial charge in [-0.25, -0.2) is 0 Å². The average Bonchev–Trinajstić information content (AvgIpc) is 3.05. The lowest BCUT2D eigenvalue weighted by Gasteiger charge is -2.03. The third-order valence-corrected chi connectivity index (χ3v) is 2.90. The second-order valence-corrected chi connectivity index (χ2v) is 4.50. The van der Waals surface area contributed by atoms with Crippen molar-refractivity contribution in [1.82, 2.24) is 20.3 Å². The van der Waals surface area contributed by atoms with Crippen LogP contribution in [0.1, 0.15) is 5.76 Å². The van der Waals surface area contributed by atoms with E-state index in [4.69, 9.17) is 21.8 Å². The van der Waals surface area contributed by atoms with Gasteiger partial charge in [-0.2, -0.15) is 0 Å². The van der Waals surface area contributed by atoms with Crippen molar-refractivity contribution >= 4 is 17.5 Å². The molecule has 3 rings (SSSR count). The lowest BCUT2D eigenvalue weighted by atomic mass is 10.2. The smallest absolute Gasteiger partial charge is 0.260 e. The van der Waals surface area contributed by atoms with Crippen molar-refractivity contribution in [3.8, 4) is 11.3 Å². The summed E-state index contributed by atoms with van der Waals surface area (Å²) >= 11 is 5.95. The third kappa shape index (κ3) is 2.57. The molecule has 0 saturated heterocycles. The molecular weight excluding hydrogens is 280 g/mol. The van der Waals surface area contributed by atoms with E-state index in [9.17, 15) is 0 Å². The summed E-state index contributed by atoms with van der Waals surface area (Å²) in [6, 6.07) is 11.2. The van der Waals surface area contributed by atoms with Gasteiger partial charge in [0.15, 0.2) is 0 Å². The van der Waals surface area contributed by atoms with Crippen molar-refractivity contribution in [2.75, 3.05) is 11.2 Å². The molecule has 0 spiro atoms. The minimum Gasteiger partial charge on any atom is -0.459 e. The minimum atomic E-state index is 0.187. The molecule has 0 aliphatic heterocycles. The highest BCUT2D eigenvalue weighted by Gasteiger charge is 2.06. The first kappa shape index (κ1) is 12.5. The Hall–Kier alpha value is -2.54. The number of nitrogens with two attached hydrogens (primary N) is 1. The Labute approximate surface area is 119 Å². The molecule has 0 saturated carbocycles. The van der Waals surface area contributed by atoms with Gasteiger partial charge in [-0.05, 0) is 34.7 Å². The standard InChI is InChI=1S/C12H11ClN6O/c13-9-3-1-2-8(6-9)11-5-4-10(20-11)7-15-19-12(14)16-17-18-19/h1-6,15H,7H2,(H2,14,16,18). The van der Waals surface area contributed by atoms with E-state index in [-0.39, 0.29) is 5.95 Å². The summed E-state index contributed by atoms with van der Waals surface area (Å²) in [5.74, 6) is 1.66. The van der Waals surface area contributed by atoms with Crippen molar-refractivity contribution in [2.45, 2.75) is 6.54 Å². The molecule has 2 heterocycles. The van der Waals surface area contributed by atoms with Gasteiger partial charge in [0.05, 0.1) is 6.54 Å². The Kier molecular flexibility index (Phi) is 3.26. The predicted octanol–water partition coefficient (Wildman–Crippen LogP) is 1.91.